The van der Waals surface area contributed by atoms with Crippen LogP contribution in [-0.4, -0.2) is 21.7 Å². The minimum atomic E-state index is -0.978. The standard InChI is InChI=1S/C12H18N2O2/c1-5-9-6-7-13-10(8-9)14(11(15)16)12(2,3)4/h6-8H,5H2,1-4H3,(H,15,16). The van der Waals surface area contributed by atoms with Crippen molar-refractivity contribution in [1.29, 1.82) is 0 Å². The number of hydrogen-bond donors (Lipinski definition) is 1. The van der Waals surface area contributed by atoms with Crippen molar-refractivity contribution in [2.45, 2.75) is 39.7 Å². The Hall–Kier alpha value is -1.58. The lowest BCUT2D eigenvalue weighted by Gasteiger charge is -2.32. The molecule has 1 heterocycles. The summed E-state index contributed by atoms with van der Waals surface area (Å²) in [5.74, 6) is 0.486. The average molecular weight is 222 g/mol. The number of amides is 1. The van der Waals surface area contributed by atoms with Gasteiger partial charge in [-0.05, 0) is 44.9 Å². The van der Waals surface area contributed by atoms with Gasteiger partial charge >= 0.3 is 6.09 Å². The maximum absolute atomic E-state index is 11.2. The van der Waals surface area contributed by atoms with E-state index in [1.807, 2.05) is 39.8 Å². The molecule has 1 N–H and O–H groups in total. The summed E-state index contributed by atoms with van der Waals surface area (Å²) in [7, 11) is 0. The maximum Gasteiger partial charge on any atom is 0.413 e. The fraction of sp³-hybridized carbons (Fsp3) is 0.500. The predicted molar refractivity (Wildman–Crippen MR) is 63.9 cm³/mol. The van der Waals surface area contributed by atoms with Crippen LogP contribution >= 0.6 is 0 Å². The van der Waals surface area contributed by atoms with Crippen molar-refractivity contribution >= 4 is 11.9 Å². The first kappa shape index (κ1) is 12.5. The maximum atomic E-state index is 11.2. The minimum Gasteiger partial charge on any atom is -0.465 e. The van der Waals surface area contributed by atoms with E-state index in [-0.39, 0.29) is 0 Å². The second-order valence-electron chi connectivity index (χ2n) is 4.66. The molecule has 0 aliphatic heterocycles. The number of nitrogens with zero attached hydrogens (tertiary/aromatic N) is 2. The van der Waals surface area contributed by atoms with E-state index in [1.54, 1.807) is 6.20 Å². The van der Waals surface area contributed by atoms with Gasteiger partial charge in [0.15, 0.2) is 0 Å². The van der Waals surface area contributed by atoms with Crippen LogP contribution in [0, 0.1) is 0 Å². The molecule has 0 aromatic carbocycles. The first-order valence-electron chi connectivity index (χ1n) is 5.34. The summed E-state index contributed by atoms with van der Waals surface area (Å²) in [6.07, 6.45) is 1.54. The number of aromatic nitrogens is 1. The second kappa shape index (κ2) is 4.51. The Bertz CT molecular complexity index is 383. The Morgan fingerprint density at radius 3 is 2.56 bits per heavy atom. The molecule has 0 bridgehead atoms. The lowest BCUT2D eigenvalue weighted by Crippen LogP contribution is -2.45. The first-order valence-corrected chi connectivity index (χ1v) is 5.34. The molecule has 1 aromatic heterocycles. The molecule has 0 saturated carbocycles. The van der Waals surface area contributed by atoms with Crippen molar-refractivity contribution < 1.29 is 9.90 Å². The first-order chi connectivity index (χ1) is 7.36. The predicted octanol–water partition coefficient (Wildman–Crippen LogP) is 2.93. The van der Waals surface area contributed by atoms with E-state index >= 15 is 0 Å². The van der Waals surface area contributed by atoms with Gasteiger partial charge in [-0.15, -0.1) is 0 Å². The van der Waals surface area contributed by atoms with Gasteiger partial charge < -0.3 is 5.11 Å². The van der Waals surface area contributed by atoms with Gasteiger partial charge in [0, 0.05) is 11.7 Å². The summed E-state index contributed by atoms with van der Waals surface area (Å²) < 4.78 is 0. The van der Waals surface area contributed by atoms with Crippen LogP contribution < -0.4 is 4.90 Å². The number of anilines is 1. The lowest BCUT2D eigenvalue weighted by molar-refractivity contribution is 0.195. The summed E-state index contributed by atoms with van der Waals surface area (Å²) in [5, 5.41) is 9.21. The fourth-order valence-corrected chi connectivity index (χ4v) is 1.53. The highest BCUT2D eigenvalue weighted by Gasteiger charge is 2.28. The van der Waals surface area contributed by atoms with Crippen molar-refractivity contribution in [2.24, 2.45) is 0 Å². The van der Waals surface area contributed by atoms with E-state index in [2.05, 4.69) is 4.98 Å². The van der Waals surface area contributed by atoms with Crippen LogP contribution in [-0.2, 0) is 6.42 Å². The molecule has 4 nitrogen and oxygen atoms in total. The van der Waals surface area contributed by atoms with Crippen LogP contribution in [0.1, 0.15) is 33.3 Å². The van der Waals surface area contributed by atoms with E-state index in [9.17, 15) is 9.90 Å². The third-order valence-electron chi connectivity index (χ3n) is 2.31. The highest BCUT2D eigenvalue weighted by molar-refractivity contribution is 5.86. The van der Waals surface area contributed by atoms with Gasteiger partial charge in [0.25, 0.3) is 0 Å². The van der Waals surface area contributed by atoms with Gasteiger partial charge in [0.2, 0.25) is 0 Å². The number of carbonyl (C=O) groups is 1. The molecular formula is C12H18N2O2. The van der Waals surface area contributed by atoms with Crippen molar-refractivity contribution in [2.75, 3.05) is 4.90 Å². The molecule has 0 aliphatic carbocycles. The quantitative estimate of drug-likeness (QED) is 0.837. The number of aryl methyl sites for hydroxylation is 1. The molecule has 4 heteroatoms. The Morgan fingerprint density at radius 1 is 1.50 bits per heavy atom. The van der Waals surface area contributed by atoms with Gasteiger partial charge in [-0.3, -0.25) is 4.90 Å². The Balaban J connectivity index is 3.16. The summed E-state index contributed by atoms with van der Waals surface area (Å²) >= 11 is 0. The van der Waals surface area contributed by atoms with Crippen LogP contribution in [0.3, 0.4) is 0 Å². The highest BCUT2D eigenvalue weighted by atomic mass is 16.4. The van der Waals surface area contributed by atoms with Crippen LogP contribution in [0.2, 0.25) is 0 Å². The van der Waals surface area contributed by atoms with Gasteiger partial charge in [0.05, 0.1) is 0 Å². The van der Waals surface area contributed by atoms with E-state index in [4.69, 9.17) is 0 Å². The number of hydrogen-bond acceptors (Lipinski definition) is 2. The molecule has 16 heavy (non-hydrogen) atoms. The second-order valence-corrected chi connectivity index (χ2v) is 4.66. The van der Waals surface area contributed by atoms with Crippen LogP contribution in [0.15, 0.2) is 18.3 Å². The normalized spacial score (nSPS) is 11.2. The molecule has 1 aromatic rings. The number of pyridine rings is 1. The van der Waals surface area contributed by atoms with Gasteiger partial charge in [-0.1, -0.05) is 6.92 Å². The van der Waals surface area contributed by atoms with Crippen molar-refractivity contribution in [3.63, 3.8) is 0 Å². The van der Waals surface area contributed by atoms with Crippen molar-refractivity contribution in [3.05, 3.63) is 23.9 Å². The average Bonchev–Trinajstić information content (AvgIpc) is 2.15. The largest absolute Gasteiger partial charge is 0.465 e. The molecule has 1 amide bonds. The van der Waals surface area contributed by atoms with Crippen molar-refractivity contribution in [1.82, 2.24) is 4.98 Å². The van der Waals surface area contributed by atoms with Crippen LogP contribution in [0.4, 0.5) is 10.6 Å². The molecule has 0 saturated heterocycles. The monoisotopic (exact) mass is 222 g/mol. The van der Waals surface area contributed by atoms with Gasteiger partial charge in [-0.25, -0.2) is 9.78 Å². The Labute approximate surface area is 95.9 Å². The van der Waals surface area contributed by atoms with Crippen LogP contribution in [0.5, 0.6) is 0 Å². The third-order valence-corrected chi connectivity index (χ3v) is 2.31. The zero-order valence-corrected chi connectivity index (χ0v) is 10.2. The van der Waals surface area contributed by atoms with Crippen LogP contribution in [0.25, 0.3) is 0 Å². The van der Waals surface area contributed by atoms with E-state index in [0.29, 0.717) is 5.82 Å². The van der Waals surface area contributed by atoms with E-state index < -0.39 is 11.6 Å². The lowest BCUT2D eigenvalue weighted by atomic mass is 10.1. The smallest absolute Gasteiger partial charge is 0.413 e. The topological polar surface area (TPSA) is 53.4 Å². The molecule has 0 radical (unpaired) electrons. The van der Waals surface area contributed by atoms with Crippen molar-refractivity contribution in [3.8, 4) is 0 Å². The number of carboxylic acid groups (broad SMARTS) is 1. The molecule has 0 spiro atoms. The molecule has 0 atom stereocenters. The summed E-state index contributed by atoms with van der Waals surface area (Å²) in [5.41, 5.74) is 0.589. The third kappa shape index (κ3) is 2.72. The van der Waals surface area contributed by atoms with Gasteiger partial charge in [0.1, 0.15) is 5.82 Å². The molecule has 1 rings (SSSR count). The molecular weight excluding hydrogens is 204 g/mol. The Morgan fingerprint density at radius 2 is 2.12 bits per heavy atom. The minimum absolute atomic E-state index is 0.486. The van der Waals surface area contributed by atoms with E-state index in [1.165, 1.54) is 4.90 Å². The highest BCUT2D eigenvalue weighted by Crippen LogP contribution is 2.22. The summed E-state index contributed by atoms with van der Waals surface area (Å²) in [6.45, 7) is 7.57. The number of rotatable bonds is 2. The summed E-state index contributed by atoms with van der Waals surface area (Å²) in [4.78, 5) is 16.6. The molecule has 0 unspecified atom stereocenters. The zero-order chi connectivity index (χ0) is 12.3. The molecule has 0 fully saturated rings. The van der Waals surface area contributed by atoms with E-state index in [0.717, 1.165) is 12.0 Å². The SMILES string of the molecule is CCc1ccnc(N(C(=O)O)C(C)(C)C)c1. The Kier molecular flexibility index (Phi) is 3.52. The zero-order valence-electron chi connectivity index (χ0n) is 10.2. The van der Waals surface area contributed by atoms with Gasteiger partial charge in [-0.2, -0.15) is 0 Å². The molecule has 0 aliphatic rings. The molecule has 88 valence electrons. The fourth-order valence-electron chi connectivity index (χ4n) is 1.53. The summed E-state index contributed by atoms with van der Waals surface area (Å²) in [6, 6.07) is 3.71.